The van der Waals surface area contributed by atoms with Crippen molar-refractivity contribution in [1.29, 1.82) is 0 Å². The van der Waals surface area contributed by atoms with Crippen molar-refractivity contribution in [1.82, 2.24) is 4.98 Å². The number of anilines is 1. The second kappa shape index (κ2) is 7.75. The van der Waals surface area contributed by atoms with Crippen LogP contribution >= 0.6 is 0 Å². The van der Waals surface area contributed by atoms with E-state index in [-0.39, 0.29) is 14.5 Å². The third-order valence-corrected chi connectivity index (χ3v) is 5.73. The lowest BCUT2D eigenvalue weighted by Gasteiger charge is -2.17. The van der Waals surface area contributed by atoms with Crippen molar-refractivity contribution in [2.75, 3.05) is 12.4 Å². The number of ether oxygens (including phenoxy) is 1. The van der Waals surface area contributed by atoms with Gasteiger partial charge in [0.25, 0.3) is 0 Å². The number of hydrogen-bond acceptors (Lipinski definition) is 4. The Morgan fingerprint density at radius 1 is 1.00 bits per heavy atom. The number of aryl methyl sites for hydroxylation is 1. The van der Waals surface area contributed by atoms with Crippen LogP contribution in [0.2, 0.25) is 0 Å². The molecule has 1 aliphatic carbocycles. The van der Waals surface area contributed by atoms with Gasteiger partial charge in [0.2, 0.25) is 5.91 Å². The number of pyridine rings is 1. The average Bonchev–Trinajstić information content (AvgIpc) is 3.57. The van der Waals surface area contributed by atoms with Gasteiger partial charge in [0.1, 0.15) is 11.6 Å². The molecule has 0 aliphatic heterocycles. The van der Waals surface area contributed by atoms with E-state index in [0.717, 1.165) is 41.0 Å². The van der Waals surface area contributed by atoms with Crippen molar-refractivity contribution in [2.24, 2.45) is 0 Å². The van der Waals surface area contributed by atoms with Gasteiger partial charge in [-0.2, -0.15) is 0 Å². The lowest BCUT2D eigenvalue weighted by molar-refractivity contribution is -0.118. The van der Waals surface area contributed by atoms with Crippen molar-refractivity contribution in [3.05, 3.63) is 77.4 Å². The molecule has 3 aromatic rings. The predicted molar refractivity (Wildman–Crippen MR) is 121 cm³/mol. The highest BCUT2D eigenvalue weighted by Gasteiger charge is 2.51. The molecule has 4 rings (SSSR count). The number of ketones is 1. The molecule has 1 saturated carbocycles. The molecular formula is C25H28N2O3. The molecule has 0 saturated heterocycles. The average molecular weight is 405 g/mol. The van der Waals surface area contributed by atoms with E-state index in [2.05, 4.69) is 10.3 Å². The maximum absolute atomic E-state index is 13.1. The van der Waals surface area contributed by atoms with Crippen LogP contribution in [0.1, 0.15) is 44.1 Å². The Bertz CT molecular complexity index is 1110. The summed E-state index contributed by atoms with van der Waals surface area (Å²) in [5, 5.41) is 3.00. The van der Waals surface area contributed by atoms with Gasteiger partial charge in [-0.05, 0) is 56.0 Å². The summed E-state index contributed by atoms with van der Waals surface area (Å²) in [5.74, 6) is 1.29. The Kier molecular flexibility index (Phi) is 5.12. The molecule has 0 spiro atoms. The summed E-state index contributed by atoms with van der Waals surface area (Å²) in [4.78, 5) is 29.3. The lowest BCUT2D eigenvalue weighted by Crippen LogP contribution is -2.28. The maximum Gasteiger partial charge on any atom is 0.236 e. The van der Waals surface area contributed by atoms with Gasteiger partial charge in [0, 0.05) is 14.0 Å². The first-order valence-electron chi connectivity index (χ1n) is 9.98. The molecule has 0 unspecified atom stereocenters. The second-order valence-corrected chi connectivity index (χ2v) is 7.76. The summed E-state index contributed by atoms with van der Waals surface area (Å²) in [5.41, 5.74) is 3.85. The molecule has 0 radical (unpaired) electrons. The molecule has 5 nitrogen and oxygen atoms in total. The van der Waals surface area contributed by atoms with Gasteiger partial charge in [-0.1, -0.05) is 42.5 Å². The normalized spacial score (nSPS) is 14.1. The van der Waals surface area contributed by atoms with E-state index in [9.17, 15) is 9.59 Å². The largest absolute Gasteiger partial charge is 0.497 e. The number of Topliss-reactive ketones (excluding diaryl/α,β-unsaturated/α-hetero) is 1. The highest BCUT2D eigenvalue weighted by Crippen LogP contribution is 2.49. The summed E-state index contributed by atoms with van der Waals surface area (Å²) in [6.45, 7) is 3.53. The molecule has 0 atom stereocenters. The van der Waals surface area contributed by atoms with Crippen LogP contribution in [-0.2, 0) is 10.2 Å². The number of rotatable bonds is 6. The van der Waals surface area contributed by atoms with Crippen molar-refractivity contribution in [3.63, 3.8) is 0 Å². The van der Waals surface area contributed by atoms with Crippen molar-refractivity contribution >= 4 is 17.5 Å². The molecule has 1 aromatic heterocycles. The quantitative estimate of drug-likeness (QED) is 0.556. The van der Waals surface area contributed by atoms with E-state index >= 15 is 0 Å². The van der Waals surface area contributed by atoms with Gasteiger partial charge in [-0.3, -0.25) is 9.59 Å². The standard InChI is InChI=1S/C25H24N2O3.2H2/c1-16-4-13-22(26-23(16)19-7-5-18(6-8-19)17(2)28)27-24(29)25(14-15-25)20-9-11-21(30-3)12-10-20;;/h4-13H,14-15H2,1-3H3,(H,26,27,29);2*1H. The van der Waals surface area contributed by atoms with Crippen LogP contribution in [0.5, 0.6) is 5.75 Å². The number of benzene rings is 2. The summed E-state index contributed by atoms with van der Waals surface area (Å²) in [6.07, 6.45) is 1.63. The highest BCUT2D eigenvalue weighted by atomic mass is 16.5. The Labute approximate surface area is 179 Å². The first-order chi connectivity index (χ1) is 14.4. The third-order valence-electron chi connectivity index (χ3n) is 5.73. The molecule has 30 heavy (non-hydrogen) atoms. The zero-order valence-corrected chi connectivity index (χ0v) is 17.4. The molecule has 1 amide bonds. The van der Waals surface area contributed by atoms with Crippen LogP contribution in [0.15, 0.2) is 60.7 Å². The lowest BCUT2D eigenvalue weighted by atomic mass is 9.95. The van der Waals surface area contributed by atoms with Gasteiger partial charge < -0.3 is 10.1 Å². The fourth-order valence-corrected chi connectivity index (χ4v) is 3.67. The fourth-order valence-electron chi connectivity index (χ4n) is 3.67. The van der Waals surface area contributed by atoms with Crippen LogP contribution in [0.3, 0.4) is 0 Å². The first kappa shape index (κ1) is 19.8. The second-order valence-electron chi connectivity index (χ2n) is 7.76. The van der Waals surface area contributed by atoms with Gasteiger partial charge in [0.05, 0.1) is 18.2 Å². The number of nitrogens with zero attached hydrogens (tertiary/aromatic N) is 1. The Balaban J connectivity index is 0.00000181. The van der Waals surface area contributed by atoms with Crippen molar-refractivity contribution < 1.29 is 17.2 Å². The first-order valence-corrected chi connectivity index (χ1v) is 9.98. The number of aromatic nitrogens is 1. The predicted octanol–water partition coefficient (Wildman–Crippen LogP) is 5.43. The zero-order chi connectivity index (χ0) is 21.3. The SMILES string of the molecule is COc1ccc(C2(C(=O)Nc3ccc(C)c(-c4ccc(C(C)=O)cc4)n3)CC2)cc1.[HH].[HH]. The molecule has 1 N–H and O–H groups in total. The number of amides is 1. The fraction of sp³-hybridized carbons (Fsp3) is 0.240. The van der Waals surface area contributed by atoms with Crippen molar-refractivity contribution in [3.8, 4) is 17.0 Å². The summed E-state index contributed by atoms with van der Waals surface area (Å²) in [7, 11) is 1.63. The molecule has 1 fully saturated rings. The molecular weight excluding hydrogens is 376 g/mol. The van der Waals surface area contributed by atoms with E-state index in [1.807, 2.05) is 55.5 Å². The monoisotopic (exact) mass is 404 g/mol. The molecule has 1 heterocycles. The van der Waals surface area contributed by atoms with Gasteiger partial charge in [0.15, 0.2) is 5.78 Å². The molecule has 1 aliphatic rings. The third kappa shape index (κ3) is 3.71. The van der Waals surface area contributed by atoms with Gasteiger partial charge in [-0.15, -0.1) is 0 Å². The van der Waals surface area contributed by atoms with E-state index in [1.54, 1.807) is 26.2 Å². The number of methoxy groups -OCH3 is 1. The summed E-state index contributed by atoms with van der Waals surface area (Å²) >= 11 is 0. The van der Waals surface area contributed by atoms with Crippen LogP contribution in [0.25, 0.3) is 11.3 Å². The van der Waals surface area contributed by atoms with E-state index in [4.69, 9.17) is 4.74 Å². The van der Waals surface area contributed by atoms with Crippen molar-refractivity contribution in [2.45, 2.75) is 32.1 Å². The van der Waals surface area contributed by atoms with Gasteiger partial charge >= 0.3 is 0 Å². The van der Waals surface area contributed by atoms with Crippen LogP contribution in [0, 0.1) is 6.92 Å². The van der Waals surface area contributed by atoms with Crippen LogP contribution in [-0.4, -0.2) is 23.8 Å². The Morgan fingerprint density at radius 2 is 1.67 bits per heavy atom. The zero-order valence-electron chi connectivity index (χ0n) is 17.4. The van der Waals surface area contributed by atoms with Gasteiger partial charge in [-0.25, -0.2) is 4.98 Å². The molecule has 0 bridgehead atoms. The maximum atomic E-state index is 13.1. The molecule has 2 aromatic carbocycles. The van der Waals surface area contributed by atoms with Crippen LogP contribution < -0.4 is 10.1 Å². The number of carbonyl (C=O) groups excluding carboxylic acids is 2. The summed E-state index contributed by atoms with van der Waals surface area (Å²) < 4.78 is 5.22. The van der Waals surface area contributed by atoms with Crippen LogP contribution in [0.4, 0.5) is 5.82 Å². The van der Waals surface area contributed by atoms with E-state index in [0.29, 0.717) is 11.4 Å². The Hall–Kier alpha value is -3.47. The number of carbonyl (C=O) groups is 2. The number of hydrogen-bond donors (Lipinski definition) is 1. The summed E-state index contributed by atoms with van der Waals surface area (Å²) in [6, 6.07) is 18.8. The minimum atomic E-state index is -0.498. The molecule has 156 valence electrons. The smallest absolute Gasteiger partial charge is 0.236 e. The molecule has 5 heteroatoms. The highest BCUT2D eigenvalue weighted by molar-refractivity contribution is 6.01. The topological polar surface area (TPSA) is 68.3 Å². The Morgan fingerprint density at radius 3 is 2.23 bits per heavy atom. The number of nitrogens with one attached hydrogen (secondary N) is 1. The minimum Gasteiger partial charge on any atom is -0.497 e. The van der Waals surface area contributed by atoms with E-state index < -0.39 is 5.41 Å². The minimum absolute atomic E-state index is 0. The van der Waals surface area contributed by atoms with E-state index in [1.165, 1.54) is 0 Å².